The van der Waals surface area contributed by atoms with E-state index in [1.807, 2.05) is 12.1 Å². The quantitative estimate of drug-likeness (QED) is 0.615. The van der Waals surface area contributed by atoms with Crippen LogP contribution in [0.1, 0.15) is 63.0 Å². The second kappa shape index (κ2) is 9.04. The summed E-state index contributed by atoms with van der Waals surface area (Å²) < 4.78 is 0. The summed E-state index contributed by atoms with van der Waals surface area (Å²) in [6.45, 7) is 4.39. The number of aliphatic hydroxyl groups excluding tert-OH is 1. The third-order valence-corrected chi connectivity index (χ3v) is 5.43. The number of carboxylic acids is 1. The van der Waals surface area contributed by atoms with Crippen LogP contribution in [0, 0.1) is 11.8 Å². The molecule has 0 unspecified atom stereocenters. The molecule has 0 amide bonds. The molecule has 1 saturated carbocycles. The van der Waals surface area contributed by atoms with Crippen molar-refractivity contribution in [2.75, 3.05) is 0 Å². The van der Waals surface area contributed by atoms with Gasteiger partial charge in [-0.05, 0) is 48.6 Å². The smallest absolute Gasteiger partial charge is 0.303 e. The van der Waals surface area contributed by atoms with Crippen LogP contribution in [-0.2, 0) is 11.2 Å². The first kappa shape index (κ1) is 19.5. The van der Waals surface area contributed by atoms with Crippen molar-refractivity contribution in [3.63, 3.8) is 0 Å². The molecule has 138 valence electrons. The van der Waals surface area contributed by atoms with Crippen LogP contribution in [0.2, 0.25) is 0 Å². The van der Waals surface area contributed by atoms with Gasteiger partial charge in [-0.25, -0.2) is 0 Å². The van der Waals surface area contributed by atoms with E-state index in [1.165, 1.54) is 0 Å². The normalized spacial score (nSPS) is 24.7. The Hall–Kier alpha value is -1.81. The fourth-order valence-electron chi connectivity index (χ4n) is 3.62. The first-order valence-electron chi connectivity index (χ1n) is 9.31. The largest absolute Gasteiger partial charge is 0.507 e. The molecule has 1 aromatic carbocycles. The Morgan fingerprint density at radius 3 is 2.80 bits per heavy atom. The molecule has 0 bridgehead atoms. The van der Waals surface area contributed by atoms with Gasteiger partial charge in [0.15, 0.2) is 0 Å². The second-order valence-corrected chi connectivity index (χ2v) is 7.25. The van der Waals surface area contributed by atoms with Crippen molar-refractivity contribution in [1.82, 2.24) is 0 Å². The summed E-state index contributed by atoms with van der Waals surface area (Å²) in [6.07, 6.45) is 7.88. The lowest BCUT2D eigenvalue weighted by molar-refractivity contribution is -0.136. The molecule has 4 heteroatoms. The summed E-state index contributed by atoms with van der Waals surface area (Å²) in [6, 6.07) is 5.55. The minimum Gasteiger partial charge on any atom is -0.507 e. The van der Waals surface area contributed by atoms with E-state index in [9.17, 15) is 15.0 Å². The number of phenols is 1. The Bertz CT molecular complexity index is 608. The van der Waals surface area contributed by atoms with Gasteiger partial charge in [-0.3, -0.25) is 4.79 Å². The summed E-state index contributed by atoms with van der Waals surface area (Å²) in [5, 5.41) is 29.8. The monoisotopic (exact) mass is 346 g/mol. The van der Waals surface area contributed by atoms with Crippen LogP contribution in [0.3, 0.4) is 0 Å². The Balaban J connectivity index is 2.18. The average Bonchev–Trinajstić information content (AvgIpc) is 2.94. The molecule has 4 atom stereocenters. The van der Waals surface area contributed by atoms with E-state index in [2.05, 4.69) is 26.0 Å². The van der Waals surface area contributed by atoms with E-state index < -0.39 is 5.97 Å². The highest BCUT2D eigenvalue weighted by Gasteiger charge is 2.35. The summed E-state index contributed by atoms with van der Waals surface area (Å²) in [5.41, 5.74) is 1.50. The van der Waals surface area contributed by atoms with Crippen molar-refractivity contribution in [2.45, 2.75) is 64.4 Å². The Morgan fingerprint density at radius 1 is 1.36 bits per heavy atom. The summed E-state index contributed by atoms with van der Waals surface area (Å²) in [5.74, 6) is 0.0359. The molecule has 0 saturated heterocycles. The molecule has 2 rings (SSSR count). The van der Waals surface area contributed by atoms with Gasteiger partial charge in [-0.1, -0.05) is 50.6 Å². The molecule has 1 fully saturated rings. The maximum Gasteiger partial charge on any atom is 0.303 e. The standard InChI is InChI=1S/C21H30O4/c1-3-14(2)6-4-8-17-16(11-12-19(17)22)18-9-5-7-15(21(18)25)10-13-20(23)24/h4-5,7-9,14,16-17,19,22,25H,3,6,10-13H2,1-2H3,(H,23,24)/b8-4+/t14-,16-,17+,19+/m0/s1. The SMILES string of the molecule is CC[C@H](C)C/C=C/[C@H]1[C@H](O)CC[C@@H]1c1cccc(CCC(=O)O)c1O. The van der Waals surface area contributed by atoms with Crippen molar-refractivity contribution < 1.29 is 20.1 Å². The summed E-state index contributed by atoms with van der Waals surface area (Å²) >= 11 is 0. The molecule has 0 aromatic heterocycles. The molecule has 0 aliphatic heterocycles. The van der Waals surface area contributed by atoms with Crippen molar-refractivity contribution >= 4 is 5.97 Å². The van der Waals surface area contributed by atoms with Gasteiger partial charge < -0.3 is 15.3 Å². The van der Waals surface area contributed by atoms with Crippen LogP contribution < -0.4 is 0 Å². The highest BCUT2D eigenvalue weighted by atomic mass is 16.4. The van der Waals surface area contributed by atoms with Gasteiger partial charge in [-0.15, -0.1) is 0 Å². The fraction of sp³-hybridized carbons (Fsp3) is 0.571. The topological polar surface area (TPSA) is 77.8 Å². The molecule has 1 aliphatic carbocycles. The molecule has 0 heterocycles. The summed E-state index contributed by atoms with van der Waals surface area (Å²) in [4.78, 5) is 10.8. The Labute approximate surface area is 150 Å². The first-order chi connectivity index (χ1) is 11.9. The van der Waals surface area contributed by atoms with Gasteiger partial charge in [0.05, 0.1) is 6.10 Å². The molecule has 1 aliphatic rings. The van der Waals surface area contributed by atoms with Crippen LogP contribution in [-0.4, -0.2) is 27.4 Å². The van der Waals surface area contributed by atoms with E-state index in [0.717, 1.165) is 31.2 Å². The van der Waals surface area contributed by atoms with Gasteiger partial charge >= 0.3 is 5.97 Å². The number of aromatic hydroxyl groups is 1. The molecular formula is C21H30O4. The average molecular weight is 346 g/mol. The highest BCUT2D eigenvalue weighted by Crippen LogP contribution is 2.44. The number of rotatable bonds is 8. The van der Waals surface area contributed by atoms with Crippen LogP contribution in [0.4, 0.5) is 0 Å². The zero-order chi connectivity index (χ0) is 18.4. The first-order valence-corrected chi connectivity index (χ1v) is 9.31. The van der Waals surface area contributed by atoms with Gasteiger partial charge in [0.1, 0.15) is 5.75 Å². The lowest BCUT2D eigenvalue weighted by Crippen LogP contribution is -2.16. The molecule has 1 aromatic rings. The van der Waals surface area contributed by atoms with Crippen LogP contribution in [0.5, 0.6) is 5.75 Å². The Kier molecular flexibility index (Phi) is 7.06. The Morgan fingerprint density at radius 2 is 2.12 bits per heavy atom. The number of para-hydroxylation sites is 1. The molecule has 0 spiro atoms. The maximum absolute atomic E-state index is 10.8. The molecule has 3 N–H and O–H groups in total. The van der Waals surface area contributed by atoms with Gasteiger partial charge in [-0.2, -0.15) is 0 Å². The number of phenolic OH excluding ortho intramolecular Hbond substituents is 1. The fourth-order valence-corrected chi connectivity index (χ4v) is 3.62. The molecule has 25 heavy (non-hydrogen) atoms. The van der Waals surface area contributed by atoms with Gasteiger partial charge in [0, 0.05) is 12.3 Å². The number of hydrogen-bond acceptors (Lipinski definition) is 3. The predicted octanol–water partition coefficient (Wildman–Crippen LogP) is 4.26. The molecular weight excluding hydrogens is 316 g/mol. The number of carboxylic acid groups (broad SMARTS) is 1. The number of hydrogen-bond donors (Lipinski definition) is 3. The lowest BCUT2D eigenvalue weighted by atomic mass is 9.85. The van der Waals surface area contributed by atoms with Crippen LogP contribution >= 0.6 is 0 Å². The number of benzene rings is 1. The zero-order valence-corrected chi connectivity index (χ0v) is 15.2. The van der Waals surface area contributed by atoms with E-state index in [-0.39, 0.29) is 30.1 Å². The number of carbonyl (C=O) groups is 1. The minimum atomic E-state index is -0.869. The van der Waals surface area contributed by atoms with Crippen LogP contribution in [0.15, 0.2) is 30.4 Å². The minimum absolute atomic E-state index is 0.00252. The number of aryl methyl sites for hydroxylation is 1. The van der Waals surface area contributed by atoms with E-state index in [4.69, 9.17) is 5.11 Å². The molecule has 0 radical (unpaired) electrons. The van der Waals surface area contributed by atoms with E-state index in [0.29, 0.717) is 17.9 Å². The van der Waals surface area contributed by atoms with E-state index in [1.54, 1.807) is 6.07 Å². The lowest BCUT2D eigenvalue weighted by Gasteiger charge is -2.21. The van der Waals surface area contributed by atoms with Crippen LogP contribution in [0.25, 0.3) is 0 Å². The van der Waals surface area contributed by atoms with Gasteiger partial charge in [0.25, 0.3) is 0 Å². The predicted molar refractivity (Wildman–Crippen MR) is 98.7 cm³/mol. The van der Waals surface area contributed by atoms with E-state index >= 15 is 0 Å². The highest BCUT2D eigenvalue weighted by molar-refractivity contribution is 5.67. The second-order valence-electron chi connectivity index (χ2n) is 7.25. The van der Waals surface area contributed by atoms with Crippen molar-refractivity contribution in [2.24, 2.45) is 11.8 Å². The third kappa shape index (κ3) is 5.08. The third-order valence-electron chi connectivity index (χ3n) is 5.43. The van der Waals surface area contributed by atoms with Gasteiger partial charge in [0.2, 0.25) is 0 Å². The number of allylic oxidation sites excluding steroid dienone is 1. The van der Waals surface area contributed by atoms with Crippen molar-refractivity contribution in [3.8, 4) is 5.75 Å². The zero-order valence-electron chi connectivity index (χ0n) is 15.2. The van der Waals surface area contributed by atoms with Crippen molar-refractivity contribution in [1.29, 1.82) is 0 Å². The molecule has 4 nitrogen and oxygen atoms in total. The maximum atomic E-state index is 10.8. The number of aliphatic carboxylic acids is 1. The van der Waals surface area contributed by atoms with Crippen molar-refractivity contribution in [3.05, 3.63) is 41.5 Å². The number of aliphatic hydroxyl groups is 1. The summed E-state index contributed by atoms with van der Waals surface area (Å²) in [7, 11) is 0.